The lowest BCUT2D eigenvalue weighted by Crippen LogP contribution is -2.30. The number of nitrogens with zero attached hydrogens (tertiary/aromatic N) is 3. The van der Waals surface area contributed by atoms with Crippen LogP contribution in [0.4, 0.5) is 5.95 Å². The fourth-order valence-corrected chi connectivity index (χ4v) is 1.90. The van der Waals surface area contributed by atoms with Gasteiger partial charge in [0, 0.05) is 31.6 Å². The van der Waals surface area contributed by atoms with Crippen molar-refractivity contribution in [3.63, 3.8) is 0 Å². The maximum atomic E-state index is 12.2. The number of anilines is 1. The van der Waals surface area contributed by atoms with Gasteiger partial charge in [-0.05, 0) is 26.2 Å². The van der Waals surface area contributed by atoms with Gasteiger partial charge < -0.3 is 10.2 Å². The highest BCUT2D eigenvalue weighted by molar-refractivity contribution is 7.98. The molecule has 1 aromatic rings. The maximum Gasteiger partial charge on any atom is 0.272 e. The fraction of sp³-hybridized carbons (Fsp3) is 0.583. The normalized spacial score (nSPS) is 10.2. The Morgan fingerprint density at radius 1 is 1.50 bits per heavy atom. The first-order valence-electron chi connectivity index (χ1n) is 5.92. The van der Waals surface area contributed by atoms with Crippen molar-refractivity contribution in [2.45, 2.75) is 13.8 Å². The largest absolute Gasteiger partial charge is 0.354 e. The standard InChI is InChI=1S/C12H20N4OS/c1-5-13-12-14-9(2)8-10(15-12)11(17)16(3)6-7-18-4/h8H,5-7H2,1-4H3,(H,13,14,15). The number of rotatable bonds is 6. The van der Waals surface area contributed by atoms with Gasteiger partial charge in [0.15, 0.2) is 0 Å². The van der Waals surface area contributed by atoms with Gasteiger partial charge >= 0.3 is 0 Å². The molecule has 0 atom stereocenters. The number of aryl methyl sites for hydroxylation is 1. The van der Waals surface area contributed by atoms with Crippen LogP contribution in [-0.4, -0.2) is 52.9 Å². The van der Waals surface area contributed by atoms with E-state index in [2.05, 4.69) is 15.3 Å². The van der Waals surface area contributed by atoms with E-state index in [0.717, 1.165) is 24.5 Å². The molecule has 0 bridgehead atoms. The molecule has 0 fully saturated rings. The Kier molecular flexibility index (Phi) is 5.91. The lowest BCUT2D eigenvalue weighted by atomic mass is 10.3. The number of thioether (sulfide) groups is 1. The predicted molar refractivity (Wildman–Crippen MR) is 76.3 cm³/mol. The molecule has 1 aromatic heterocycles. The number of amides is 1. The van der Waals surface area contributed by atoms with Crippen LogP contribution in [-0.2, 0) is 0 Å². The summed E-state index contributed by atoms with van der Waals surface area (Å²) in [4.78, 5) is 22.3. The Labute approximate surface area is 112 Å². The summed E-state index contributed by atoms with van der Waals surface area (Å²) in [5, 5.41) is 3.03. The predicted octanol–water partition coefficient (Wildman–Crippen LogP) is 1.65. The van der Waals surface area contributed by atoms with Crippen LogP contribution in [0.5, 0.6) is 0 Å². The van der Waals surface area contributed by atoms with Crippen LogP contribution in [0, 0.1) is 6.92 Å². The molecule has 5 nitrogen and oxygen atoms in total. The second-order valence-electron chi connectivity index (χ2n) is 3.97. The highest BCUT2D eigenvalue weighted by Gasteiger charge is 2.14. The van der Waals surface area contributed by atoms with E-state index >= 15 is 0 Å². The van der Waals surface area contributed by atoms with E-state index in [1.807, 2.05) is 20.1 Å². The Balaban J connectivity index is 2.84. The Morgan fingerprint density at radius 3 is 2.83 bits per heavy atom. The number of hydrogen-bond donors (Lipinski definition) is 1. The van der Waals surface area contributed by atoms with E-state index in [-0.39, 0.29) is 5.91 Å². The van der Waals surface area contributed by atoms with E-state index in [9.17, 15) is 4.79 Å². The Bertz CT molecular complexity index is 411. The quantitative estimate of drug-likeness (QED) is 0.850. The van der Waals surface area contributed by atoms with Crippen LogP contribution in [0.15, 0.2) is 6.07 Å². The molecule has 6 heteroatoms. The van der Waals surface area contributed by atoms with Crippen molar-refractivity contribution >= 4 is 23.6 Å². The third kappa shape index (κ3) is 4.18. The smallest absolute Gasteiger partial charge is 0.272 e. The van der Waals surface area contributed by atoms with E-state index in [1.54, 1.807) is 29.8 Å². The van der Waals surface area contributed by atoms with Gasteiger partial charge in [0.05, 0.1) is 0 Å². The number of carbonyl (C=O) groups excluding carboxylic acids is 1. The first-order chi connectivity index (χ1) is 8.58. The summed E-state index contributed by atoms with van der Waals surface area (Å²) in [5.41, 5.74) is 1.24. The zero-order chi connectivity index (χ0) is 13.5. The topological polar surface area (TPSA) is 58.1 Å². The van der Waals surface area contributed by atoms with Crippen molar-refractivity contribution in [2.24, 2.45) is 0 Å². The molecule has 0 unspecified atom stereocenters. The van der Waals surface area contributed by atoms with Crippen LogP contribution < -0.4 is 5.32 Å². The molecule has 0 aliphatic carbocycles. The van der Waals surface area contributed by atoms with Gasteiger partial charge in [-0.15, -0.1) is 0 Å². The summed E-state index contributed by atoms with van der Waals surface area (Å²) in [5.74, 6) is 1.37. The SMILES string of the molecule is CCNc1nc(C)cc(C(=O)N(C)CCSC)n1. The van der Waals surface area contributed by atoms with Gasteiger partial charge in [-0.2, -0.15) is 11.8 Å². The second kappa shape index (κ2) is 7.20. The third-order valence-electron chi connectivity index (χ3n) is 2.39. The monoisotopic (exact) mass is 268 g/mol. The van der Waals surface area contributed by atoms with Crippen molar-refractivity contribution in [3.8, 4) is 0 Å². The molecule has 1 amide bonds. The van der Waals surface area contributed by atoms with E-state index in [0.29, 0.717) is 11.6 Å². The van der Waals surface area contributed by atoms with Crippen molar-refractivity contribution in [3.05, 3.63) is 17.5 Å². The van der Waals surface area contributed by atoms with E-state index < -0.39 is 0 Å². The average Bonchev–Trinajstić information content (AvgIpc) is 2.34. The highest BCUT2D eigenvalue weighted by Crippen LogP contribution is 2.07. The minimum atomic E-state index is -0.0614. The van der Waals surface area contributed by atoms with Crippen LogP contribution >= 0.6 is 11.8 Å². The van der Waals surface area contributed by atoms with Gasteiger partial charge in [-0.1, -0.05) is 0 Å². The third-order valence-corrected chi connectivity index (χ3v) is 2.98. The molecule has 1 N–H and O–H groups in total. The van der Waals surface area contributed by atoms with Gasteiger partial charge in [-0.25, -0.2) is 9.97 Å². The van der Waals surface area contributed by atoms with Gasteiger partial charge in [-0.3, -0.25) is 4.79 Å². The lowest BCUT2D eigenvalue weighted by Gasteiger charge is -2.16. The molecule has 18 heavy (non-hydrogen) atoms. The summed E-state index contributed by atoms with van der Waals surface area (Å²) in [6.45, 7) is 5.29. The average molecular weight is 268 g/mol. The summed E-state index contributed by atoms with van der Waals surface area (Å²) >= 11 is 1.72. The van der Waals surface area contributed by atoms with Crippen LogP contribution in [0.3, 0.4) is 0 Å². The molecule has 0 radical (unpaired) electrons. The van der Waals surface area contributed by atoms with Crippen molar-refractivity contribution in [1.29, 1.82) is 0 Å². The van der Waals surface area contributed by atoms with Crippen LogP contribution in [0.2, 0.25) is 0 Å². The molecule has 0 saturated heterocycles. The van der Waals surface area contributed by atoms with Gasteiger partial charge in [0.1, 0.15) is 5.69 Å². The van der Waals surface area contributed by atoms with Gasteiger partial charge in [0.2, 0.25) is 5.95 Å². The highest BCUT2D eigenvalue weighted by atomic mass is 32.2. The molecular weight excluding hydrogens is 248 g/mol. The van der Waals surface area contributed by atoms with Crippen molar-refractivity contribution < 1.29 is 4.79 Å². The summed E-state index contributed by atoms with van der Waals surface area (Å²) in [6, 6.07) is 1.72. The van der Waals surface area contributed by atoms with Crippen LogP contribution in [0.1, 0.15) is 23.1 Å². The number of aromatic nitrogens is 2. The molecule has 100 valence electrons. The first-order valence-corrected chi connectivity index (χ1v) is 7.31. The minimum absolute atomic E-state index is 0.0614. The Morgan fingerprint density at radius 2 is 2.22 bits per heavy atom. The summed E-state index contributed by atoms with van der Waals surface area (Å²) in [6.07, 6.45) is 2.02. The molecule has 1 heterocycles. The summed E-state index contributed by atoms with van der Waals surface area (Å²) in [7, 11) is 1.79. The lowest BCUT2D eigenvalue weighted by molar-refractivity contribution is 0.0798. The zero-order valence-electron chi connectivity index (χ0n) is 11.4. The van der Waals surface area contributed by atoms with E-state index in [4.69, 9.17) is 0 Å². The molecular formula is C12H20N4OS. The van der Waals surface area contributed by atoms with E-state index in [1.165, 1.54) is 0 Å². The molecule has 0 aliphatic rings. The molecule has 0 aromatic carbocycles. The minimum Gasteiger partial charge on any atom is -0.354 e. The molecule has 0 saturated carbocycles. The van der Waals surface area contributed by atoms with Crippen molar-refractivity contribution in [2.75, 3.05) is 37.5 Å². The maximum absolute atomic E-state index is 12.2. The number of nitrogens with one attached hydrogen (secondary N) is 1. The Hall–Kier alpha value is -1.30. The number of hydrogen-bond acceptors (Lipinski definition) is 5. The van der Waals surface area contributed by atoms with Gasteiger partial charge in [0.25, 0.3) is 5.91 Å². The first kappa shape index (κ1) is 14.8. The van der Waals surface area contributed by atoms with Crippen LogP contribution in [0.25, 0.3) is 0 Å². The fourth-order valence-electron chi connectivity index (χ4n) is 1.44. The molecule has 0 spiro atoms. The number of carbonyl (C=O) groups is 1. The zero-order valence-corrected chi connectivity index (χ0v) is 12.2. The second-order valence-corrected chi connectivity index (χ2v) is 4.95. The molecule has 1 rings (SSSR count). The van der Waals surface area contributed by atoms with Crippen molar-refractivity contribution in [1.82, 2.24) is 14.9 Å². The summed E-state index contributed by atoms with van der Waals surface area (Å²) < 4.78 is 0. The molecule has 0 aliphatic heterocycles.